The van der Waals surface area contributed by atoms with Crippen LogP contribution in [0.15, 0.2) is 45.6 Å². The van der Waals surface area contributed by atoms with E-state index in [2.05, 4.69) is 0 Å². The number of rotatable bonds is 4. The molecule has 0 saturated carbocycles. The quantitative estimate of drug-likeness (QED) is 0.325. The normalized spacial score (nSPS) is 23.7. The van der Waals surface area contributed by atoms with Gasteiger partial charge in [0.25, 0.3) is 0 Å². The number of phenolic OH excluding ortho intramolecular Hbond substituents is 3. The lowest BCUT2D eigenvalue weighted by Crippen LogP contribution is -2.35. The van der Waals surface area contributed by atoms with Crippen molar-refractivity contribution < 1.29 is 44.5 Å². The van der Waals surface area contributed by atoms with Gasteiger partial charge in [0.15, 0.2) is 28.4 Å². The molecule has 30 heavy (non-hydrogen) atoms. The van der Waals surface area contributed by atoms with E-state index in [1.807, 2.05) is 0 Å². The zero-order chi connectivity index (χ0) is 21.6. The summed E-state index contributed by atoms with van der Waals surface area (Å²) >= 11 is 0. The first-order valence-corrected chi connectivity index (χ1v) is 8.91. The smallest absolute Gasteiger partial charge is 0.229 e. The van der Waals surface area contributed by atoms with Gasteiger partial charge in [-0.25, -0.2) is 0 Å². The number of hydrogen-bond donors (Lipinski definition) is 6. The molecule has 2 heterocycles. The Morgan fingerprint density at radius 2 is 1.70 bits per heavy atom. The van der Waals surface area contributed by atoms with Crippen molar-refractivity contribution in [3.63, 3.8) is 0 Å². The highest BCUT2D eigenvalue weighted by molar-refractivity contribution is 5.75. The van der Waals surface area contributed by atoms with Crippen LogP contribution in [0.4, 0.5) is 0 Å². The van der Waals surface area contributed by atoms with Gasteiger partial charge in [-0.15, -0.1) is 0 Å². The Morgan fingerprint density at radius 1 is 0.933 bits per heavy atom. The van der Waals surface area contributed by atoms with Crippen LogP contribution < -0.4 is 10.2 Å². The Kier molecular flexibility index (Phi) is 5.00. The molecular weight excluding hydrogens is 400 g/mol. The summed E-state index contributed by atoms with van der Waals surface area (Å²) in [5.74, 6) is -1.23. The van der Waals surface area contributed by atoms with Crippen molar-refractivity contribution in [3.8, 4) is 45.6 Å². The van der Waals surface area contributed by atoms with Gasteiger partial charge in [0.2, 0.25) is 6.29 Å². The average molecular weight is 418 g/mol. The minimum Gasteiger partial charge on any atom is -0.507 e. The topological polar surface area (TPSA) is 170 Å². The molecule has 0 radical (unpaired) electrons. The maximum atomic E-state index is 11.7. The van der Waals surface area contributed by atoms with Crippen LogP contribution in [0, 0.1) is 0 Å². The Hall–Kier alpha value is -3.31. The monoisotopic (exact) mass is 418 g/mol. The molecule has 0 bridgehead atoms. The largest absolute Gasteiger partial charge is 0.507 e. The van der Waals surface area contributed by atoms with Crippen molar-refractivity contribution in [2.75, 3.05) is 6.61 Å². The van der Waals surface area contributed by atoms with Gasteiger partial charge in [0.1, 0.15) is 29.8 Å². The first kappa shape index (κ1) is 20.0. The second-order valence-electron chi connectivity index (χ2n) is 6.82. The molecule has 1 fully saturated rings. The third kappa shape index (κ3) is 3.42. The van der Waals surface area contributed by atoms with Crippen LogP contribution in [0.1, 0.15) is 0 Å². The first-order chi connectivity index (χ1) is 14.3. The van der Waals surface area contributed by atoms with E-state index >= 15 is 0 Å². The molecule has 10 heteroatoms. The predicted octanol–water partition coefficient (Wildman–Crippen LogP) is 0.346. The Bertz CT molecular complexity index is 1110. The summed E-state index contributed by atoms with van der Waals surface area (Å²) < 4.78 is 16.7. The lowest BCUT2D eigenvalue weighted by molar-refractivity contribution is -0.116. The Morgan fingerprint density at radius 3 is 2.37 bits per heavy atom. The fraction of sp³-hybridized carbons (Fsp3) is 0.250. The fourth-order valence-corrected chi connectivity index (χ4v) is 3.22. The summed E-state index contributed by atoms with van der Waals surface area (Å²) in [6.45, 7) is -0.550. The minimum atomic E-state index is -1.49. The average Bonchev–Trinajstić information content (AvgIpc) is 2.98. The van der Waals surface area contributed by atoms with E-state index in [9.17, 15) is 35.4 Å². The van der Waals surface area contributed by atoms with E-state index in [1.165, 1.54) is 24.3 Å². The molecule has 1 aliphatic carbocycles. The van der Waals surface area contributed by atoms with Crippen LogP contribution in [0.3, 0.4) is 0 Å². The van der Waals surface area contributed by atoms with Gasteiger partial charge in [-0.05, 0) is 24.3 Å². The van der Waals surface area contributed by atoms with E-state index in [0.717, 1.165) is 12.1 Å². The number of aromatic hydroxyl groups is 3. The van der Waals surface area contributed by atoms with Crippen LogP contribution >= 0.6 is 0 Å². The second kappa shape index (κ2) is 7.50. The molecule has 6 N–H and O–H groups in total. The van der Waals surface area contributed by atoms with E-state index < -0.39 is 42.4 Å². The molecule has 3 aliphatic rings. The van der Waals surface area contributed by atoms with Gasteiger partial charge in [0, 0.05) is 17.7 Å². The maximum Gasteiger partial charge on any atom is 0.229 e. The van der Waals surface area contributed by atoms with Gasteiger partial charge < -0.3 is 44.5 Å². The van der Waals surface area contributed by atoms with Gasteiger partial charge in [-0.3, -0.25) is 4.79 Å². The van der Waals surface area contributed by atoms with Crippen molar-refractivity contribution in [1.82, 2.24) is 0 Å². The highest BCUT2D eigenvalue weighted by Gasteiger charge is 2.44. The van der Waals surface area contributed by atoms with Crippen LogP contribution in [0.2, 0.25) is 0 Å². The molecule has 158 valence electrons. The molecule has 1 aromatic carbocycles. The number of aliphatic hydroxyl groups excluding tert-OH is 3. The fourth-order valence-electron chi connectivity index (χ4n) is 3.22. The van der Waals surface area contributed by atoms with Crippen LogP contribution in [-0.4, -0.2) is 61.8 Å². The number of phenols is 3. The molecule has 0 spiro atoms. The molecule has 4 unspecified atom stereocenters. The summed E-state index contributed by atoms with van der Waals surface area (Å²) in [7, 11) is 0. The number of fused-ring (bicyclic) bond motifs is 1. The first-order valence-electron chi connectivity index (χ1n) is 8.91. The number of benzene rings is 2. The molecule has 4 rings (SSSR count). The molecule has 1 saturated heterocycles. The molecule has 0 aromatic heterocycles. The van der Waals surface area contributed by atoms with Gasteiger partial charge >= 0.3 is 0 Å². The molecule has 4 atom stereocenters. The van der Waals surface area contributed by atoms with E-state index in [1.54, 1.807) is 0 Å². The molecular formula is C20H18O10. The standard InChI is InChI=1S/C20H18O10/c21-7-16-17(26)18(27)20(30-16)29-15-6-10-12(24)4-9(22)5-14(10)28-19(15)8-1-2-11(23)13(25)3-8/h1-6,16-18,20-21,23-27H,7H2. The molecule has 0 amide bonds. The van der Waals surface area contributed by atoms with Gasteiger partial charge in [0.05, 0.1) is 12.2 Å². The molecule has 1 aromatic rings. The summed E-state index contributed by atoms with van der Waals surface area (Å²) in [6.07, 6.45) is -5.33. The summed E-state index contributed by atoms with van der Waals surface area (Å²) in [4.78, 5) is 11.7. The van der Waals surface area contributed by atoms with Crippen molar-refractivity contribution >= 4 is 0 Å². The van der Waals surface area contributed by atoms with E-state index in [4.69, 9.17) is 13.9 Å². The van der Waals surface area contributed by atoms with E-state index in [-0.39, 0.29) is 39.9 Å². The molecule has 10 nitrogen and oxygen atoms in total. The van der Waals surface area contributed by atoms with Crippen molar-refractivity contribution in [3.05, 3.63) is 46.6 Å². The zero-order valence-corrected chi connectivity index (χ0v) is 15.3. The number of ether oxygens (including phenoxy) is 2. The van der Waals surface area contributed by atoms with Gasteiger partial charge in [-0.2, -0.15) is 0 Å². The van der Waals surface area contributed by atoms with Gasteiger partial charge in [-0.1, -0.05) is 0 Å². The van der Waals surface area contributed by atoms with Crippen LogP contribution in [0.5, 0.6) is 23.0 Å². The predicted molar refractivity (Wildman–Crippen MR) is 100 cm³/mol. The minimum absolute atomic E-state index is 0.0134. The highest BCUT2D eigenvalue weighted by Crippen LogP contribution is 2.43. The lowest BCUT2D eigenvalue weighted by Gasteiger charge is -2.20. The highest BCUT2D eigenvalue weighted by atomic mass is 16.7. The third-order valence-electron chi connectivity index (χ3n) is 4.78. The maximum absolute atomic E-state index is 11.7. The lowest BCUT2D eigenvalue weighted by atomic mass is 10.1. The number of hydrogen-bond acceptors (Lipinski definition) is 10. The van der Waals surface area contributed by atoms with Crippen molar-refractivity contribution in [2.45, 2.75) is 24.6 Å². The summed E-state index contributed by atoms with van der Waals surface area (Å²) in [5.41, 5.74) is -0.131. The number of aliphatic hydroxyl groups is 3. The van der Waals surface area contributed by atoms with Crippen molar-refractivity contribution in [2.24, 2.45) is 0 Å². The summed E-state index contributed by atoms with van der Waals surface area (Å²) in [6, 6.07) is 7.27. The van der Waals surface area contributed by atoms with E-state index in [0.29, 0.717) is 0 Å². The van der Waals surface area contributed by atoms with Crippen molar-refractivity contribution in [1.29, 1.82) is 0 Å². The SMILES string of the molecule is O=c1cc2oc(-c3ccc(O)c(O)c3)c(OC3OC(CO)C(O)C3O)cc-2c(O)c1. The summed E-state index contributed by atoms with van der Waals surface area (Å²) in [5, 5.41) is 58.8. The van der Waals surface area contributed by atoms with Crippen LogP contribution in [-0.2, 0) is 4.74 Å². The molecule has 2 aliphatic heterocycles. The Balaban J connectivity index is 1.85. The second-order valence-corrected chi connectivity index (χ2v) is 6.82. The third-order valence-corrected chi connectivity index (χ3v) is 4.78. The Labute approximate surface area is 168 Å². The van der Waals surface area contributed by atoms with Crippen LogP contribution in [0.25, 0.3) is 22.6 Å². The zero-order valence-electron chi connectivity index (χ0n) is 15.3.